The van der Waals surface area contributed by atoms with Crippen LogP contribution in [-0.2, 0) is 41.7 Å². The zero-order chi connectivity index (χ0) is 63.9. The molecule has 0 saturated carbocycles. The van der Waals surface area contributed by atoms with Crippen molar-refractivity contribution in [3.05, 3.63) is 112 Å². The van der Waals surface area contributed by atoms with Crippen molar-refractivity contribution in [2.45, 2.75) is 232 Å². The van der Waals surface area contributed by atoms with Crippen LogP contribution in [0.2, 0.25) is 0 Å². The molecule has 5 aliphatic rings. The zero-order valence-corrected chi connectivity index (χ0v) is 49.4. The number of alkyl halides is 9. The third kappa shape index (κ3) is 36.1. The highest BCUT2D eigenvalue weighted by atomic mass is 19.3. The number of carboxylic acids is 1. The summed E-state index contributed by atoms with van der Waals surface area (Å²) in [6.07, 6.45) is 15.6. The summed E-state index contributed by atoms with van der Waals surface area (Å²) in [7, 11) is 1.55. The number of allylic oxidation sites excluding steroid dienone is 1. The highest BCUT2D eigenvalue weighted by molar-refractivity contribution is 5.87. The van der Waals surface area contributed by atoms with Gasteiger partial charge in [0.2, 0.25) is 0 Å². The Bertz CT molecular complexity index is 2910. The molecule has 8 rings (SSSR count). The van der Waals surface area contributed by atoms with Gasteiger partial charge in [0.25, 0.3) is 0 Å². The zero-order valence-electron chi connectivity index (χ0n) is 49.4. The van der Waals surface area contributed by atoms with Crippen molar-refractivity contribution in [2.24, 2.45) is 11.8 Å². The van der Waals surface area contributed by atoms with Gasteiger partial charge in [0.1, 0.15) is 0 Å². The normalized spacial score (nSPS) is 22.3. The number of benzene rings is 3. The predicted molar refractivity (Wildman–Crippen MR) is 330 cm³/mol. The molecule has 0 amide bonds. The Morgan fingerprint density at radius 2 is 1.08 bits per heavy atom. The van der Waals surface area contributed by atoms with Crippen molar-refractivity contribution in [1.82, 2.24) is 0 Å². The number of carbonyl (C=O) groups is 1. The van der Waals surface area contributed by atoms with Crippen molar-refractivity contribution in [2.75, 3.05) is 7.11 Å². The first-order valence-electron chi connectivity index (χ1n) is 28.8. The molecule has 0 spiro atoms. The number of hydrogen-bond donors (Lipinski definition) is 1. The Kier molecular flexibility index (Phi) is 42.4. The van der Waals surface area contributed by atoms with Gasteiger partial charge in [-0.15, -0.1) is 0 Å². The van der Waals surface area contributed by atoms with Crippen LogP contribution in [0.4, 0.5) is 39.5 Å². The molecule has 488 valence electrons. The molecule has 5 unspecified atom stereocenters. The smallest absolute Gasteiger partial charge is 0.373 e. The van der Waals surface area contributed by atoms with E-state index in [-0.39, 0.29) is 64.3 Å². The SMILES string of the molecule is C.C.C.CC1(F)C#CCCC(OCc2ccccc2)CC1.CCC1CCCCC#CC1(F)F.COC1CCC#CC(F)(F)CC1.Cc1ccc(CC2CCCCC#CC2(F)F)cc1.O=C(O)c1ccc(/C=C2\CCCCC#CC2(F)F)cc1.O=C=O.O=C=O. The Balaban J connectivity index is 0. The Morgan fingerprint density at radius 3 is 1.63 bits per heavy atom. The molecule has 0 bridgehead atoms. The summed E-state index contributed by atoms with van der Waals surface area (Å²) in [6, 6.07) is 23.8. The summed E-state index contributed by atoms with van der Waals surface area (Å²) >= 11 is 0. The van der Waals surface area contributed by atoms with Crippen molar-refractivity contribution in [1.29, 1.82) is 0 Å². The highest BCUT2D eigenvalue weighted by Gasteiger charge is 2.38. The van der Waals surface area contributed by atoms with Crippen LogP contribution >= 0.6 is 0 Å². The van der Waals surface area contributed by atoms with E-state index in [2.05, 4.69) is 47.4 Å². The van der Waals surface area contributed by atoms with Crippen LogP contribution in [0.3, 0.4) is 0 Å². The van der Waals surface area contributed by atoms with Gasteiger partial charge in [0.15, 0.2) is 5.67 Å². The van der Waals surface area contributed by atoms with Crippen LogP contribution < -0.4 is 0 Å². The fourth-order valence-corrected chi connectivity index (χ4v) is 9.14. The number of carbonyl (C=O) groups excluding carboxylic acids is 4. The summed E-state index contributed by atoms with van der Waals surface area (Å²) in [6.45, 7) is 5.96. The van der Waals surface area contributed by atoms with Gasteiger partial charge in [-0.1, -0.05) is 150 Å². The molecular formula is C72H89F9O8. The molecule has 0 saturated heterocycles. The van der Waals surface area contributed by atoms with E-state index in [1.165, 1.54) is 30.3 Å². The summed E-state index contributed by atoms with van der Waals surface area (Å²) in [5.74, 6) is 10.2. The molecule has 8 nitrogen and oxygen atoms in total. The van der Waals surface area contributed by atoms with Crippen LogP contribution in [0, 0.1) is 78.0 Å². The van der Waals surface area contributed by atoms with E-state index in [4.69, 9.17) is 33.8 Å². The van der Waals surface area contributed by atoms with E-state index >= 15 is 0 Å². The molecule has 3 aromatic rings. The molecule has 3 aromatic carbocycles. The molecule has 0 aliphatic heterocycles. The average molecular weight is 1250 g/mol. The Hall–Kier alpha value is -7.28. The van der Waals surface area contributed by atoms with Crippen LogP contribution in [0.5, 0.6) is 0 Å². The molecule has 0 heterocycles. The summed E-state index contributed by atoms with van der Waals surface area (Å²) in [4.78, 5) is 43.2. The van der Waals surface area contributed by atoms with Gasteiger partial charge in [-0.25, -0.2) is 9.18 Å². The van der Waals surface area contributed by atoms with Crippen LogP contribution in [0.15, 0.2) is 84.4 Å². The molecule has 1 N–H and O–H groups in total. The van der Waals surface area contributed by atoms with Gasteiger partial charge in [-0.05, 0) is 162 Å². The first-order valence-corrected chi connectivity index (χ1v) is 28.8. The molecule has 0 fully saturated rings. The van der Waals surface area contributed by atoms with Crippen molar-refractivity contribution in [3.63, 3.8) is 0 Å². The lowest BCUT2D eigenvalue weighted by atomic mass is 9.87. The molecule has 0 aromatic heterocycles. The summed E-state index contributed by atoms with van der Waals surface area (Å²) in [5, 5.41) is 8.79. The van der Waals surface area contributed by atoms with Gasteiger partial charge in [-0.3, -0.25) is 0 Å². The van der Waals surface area contributed by atoms with E-state index in [9.17, 15) is 44.3 Å². The van der Waals surface area contributed by atoms with E-state index in [0.717, 1.165) is 74.5 Å². The van der Waals surface area contributed by atoms with E-state index in [1.807, 2.05) is 80.3 Å². The van der Waals surface area contributed by atoms with E-state index < -0.39 is 47.2 Å². The second-order valence-electron chi connectivity index (χ2n) is 21.1. The standard InChI is InChI=1S/C16H14F2O2.C16H18F2.C16H19FO.C10H14F2.C9H12F2O.2CO2.3CH4/c17-16(18)10-4-2-1-3-5-14(16)11-12-6-8-13(9-7-12)15(19)20;1-13-7-9-14(10-8-13)12-15-6-4-2-3-5-11-16(15,17)18;1-16(17)11-6-5-9-15(10-12-16)18-13-14-7-3-2-4-8-14;1-2-9-7-5-3-4-6-8-10(9,11)12;1-12-8-4-2-3-6-9(10,11)7-5-8;2*2-1-3;;;/h6-9,11H,1-3,5H2,(H,19,20);7-10,15H,2-4,6,12H2,1H3;2-4,7-8,15H,5,9-10,12-13H2,1H3;9H,2-5,7H2,1H3;8H,2,4-5,7H2,1H3;;;3*1H4/b14-11+;;;;;;;;;. The summed E-state index contributed by atoms with van der Waals surface area (Å²) < 4.78 is 132. The fourth-order valence-electron chi connectivity index (χ4n) is 9.14. The molecule has 0 radical (unpaired) electrons. The number of carboxylic acid groups (broad SMARTS) is 1. The number of hydrogen-bond acceptors (Lipinski definition) is 7. The van der Waals surface area contributed by atoms with Gasteiger partial charge >= 0.3 is 42.0 Å². The lowest BCUT2D eigenvalue weighted by Gasteiger charge is -2.24. The van der Waals surface area contributed by atoms with Gasteiger partial charge in [0, 0.05) is 63.0 Å². The third-order valence-corrected chi connectivity index (χ3v) is 14.2. The molecule has 17 heteroatoms. The first-order chi connectivity index (χ1) is 40.9. The maximum atomic E-state index is 13.9. The highest BCUT2D eigenvalue weighted by Crippen LogP contribution is 2.35. The minimum atomic E-state index is -3.11. The van der Waals surface area contributed by atoms with Crippen molar-refractivity contribution >= 4 is 24.3 Å². The second-order valence-corrected chi connectivity index (χ2v) is 21.1. The minimum absolute atomic E-state index is 0. The molecular weight excluding hydrogens is 1160 g/mol. The average Bonchev–Trinajstić information content (AvgIpc) is 3.55. The lowest BCUT2D eigenvalue weighted by Crippen LogP contribution is -2.29. The number of aromatic carboxylic acids is 1. The molecule has 5 atom stereocenters. The van der Waals surface area contributed by atoms with E-state index in [1.54, 1.807) is 14.0 Å². The lowest BCUT2D eigenvalue weighted by molar-refractivity contribution is -0.193. The van der Waals surface area contributed by atoms with Crippen molar-refractivity contribution < 1.29 is 78.1 Å². The van der Waals surface area contributed by atoms with Crippen LogP contribution in [-0.4, -0.2) is 72.1 Å². The minimum Gasteiger partial charge on any atom is -0.478 e. The van der Waals surface area contributed by atoms with Gasteiger partial charge < -0.3 is 14.6 Å². The number of ether oxygens (including phenoxy) is 2. The Morgan fingerprint density at radius 1 is 0.584 bits per heavy atom. The monoisotopic (exact) mass is 1250 g/mol. The summed E-state index contributed by atoms with van der Waals surface area (Å²) in [5.41, 5.74) is 2.63. The van der Waals surface area contributed by atoms with E-state index in [0.29, 0.717) is 89.2 Å². The molecule has 5 aliphatic carbocycles. The first kappa shape index (κ1) is 83.8. The quantitative estimate of drug-likeness (QED) is 0.166. The largest absolute Gasteiger partial charge is 0.478 e. The topological polar surface area (TPSA) is 124 Å². The van der Waals surface area contributed by atoms with Gasteiger partial charge in [0.05, 0.1) is 24.4 Å². The van der Waals surface area contributed by atoms with Gasteiger partial charge in [-0.2, -0.15) is 54.3 Å². The predicted octanol–water partition coefficient (Wildman–Crippen LogP) is 18.4. The molecule has 89 heavy (non-hydrogen) atoms. The van der Waals surface area contributed by atoms with Crippen molar-refractivity contribution in [3.8, 4) is 59.2 Å². The second kappa shape index (κ2) is 45.0. The number of aryl methyl sites for hydroxylation is 1. The number of methoxy groups -OCH3 is 1. The maximum absolute atomic E-state index is 13.9. The Labute approximate surface area is 523 Å². The fraction of sp³-hybridized carbons (Fsp3) is 0.542. The number of rotatable bonds is 9. The van der Waals surface area contributed by atoms with Crippen LogP contribution in [0.25, 0.3) is 6.08 Å². The third-order valence-electron chi connectivity index (χ3n) is 14.2. The number of halogens is 9. The maximum Gasteiger partial charge on any atom is 0.373 e. The van der Waals surface area contributed by atoms with Crippen LogP contribution in [0.1, 0.15) is 204 Å².